The SMILES string of the molecule is CC(=O)c1cccc(NC(=O)c2cn(Cc3ccccc3)c3ccccc23)c1. The Kier molecular flexibility index (Phi) is 4.77. The summed E-state index contributed by atoms with van der Waals surface area (Å²) in [5.41, 5.74) is 3.97. The molecule has 0 unspecified atom stereocenters. The van der Waals surface area contributed by atoms with Gasteiger partial charge < -0.3 is 9.88 Å². The summed E-state index contributed by atoms with van der Waals surface area (Å²) in [5.74, 6) is -0.223. The highest BCUT2D eigenvalue weighted by atomic mass is 16.1. The Labute approximate surface area is 163 Å². The lowest BCUT2D eigenvalue weighted by molar-refractivity contribution is 0.101. The summed E-state index contributed by atoms with van der Waals surface area (Å²) >= 11 is 0. The summed E-state index contributed by atoms with van der Waals surface area (Å²) in [5, 5.41) is 3.82. The molecule has 4 nitrogen and oxygen atoms in total. The van der Waals surface area contributed by atoms with E-state index in [1.165, 1.54) is 12.5 Å². The second-order valence-corrected chi connectivity index (χ2v) is 6.76. The third-order valence-corrected chi connectivity index (χ3v) is 4.76. The fourth-order valence-electron chi connectivity index (χ4n) is 3.35. The number of hydrogen-bond acceptors (Lipinski definition) is 2. The van der Waals surface area contributed by atoms with Crippen LogP contribution in [0.25, 0.3) is 10.9 Å². The van der Waals surface area contributed by atoms with Gasteiger partial charge in [0, 0.05) is 34.9 Å². The first-order valence-electron chi connectivity index (χ1n) is 9.16. The Bertz CT molecular complexity index is 1160. The minimum absolute atomic E-state index is 0.0319. The molecule has 4 heteroatoms. The maximum Gasteiger partial charge on any atom is 0.257 e. The van der Waals surface area contributed by atoms with Gasteiger partial charge in [0.2, 0.25) is 0 Å². The molecule has 1 amide bonds. The van der Waals surface area contributed by atoms with Crippen LogP contribution in [0.15, 0.2) is 85.1 Å². The van der Waals surface area contributed by atoms with Gasteiger partial charge in [-0.05, 0) is 30.7 Å². The molecular weight excluding hydrogens is 348 g/mol. The molecule has 0 atom stereocenters. The minimum Gasteiger partial charge on any atom is -0.342 e. The molecule has 0 saturated carbocycles. The Morgan fingerprint density at radius 3 is 2.43 bits per heavy atom. The van der Waals surface area contributed by atoms with Crippen LogP contribution < -0.4 is 5.32 Å². The summed E-state index contributed by atoms with van der Waals surface area (Å²) in [6.45, 7) is 2.20. The molecule has 0 spiro atoms. The zero-order valence-electron chi connectivity index (χ0n) is 15.6. The number of hydrogen-bond donors (Lipinski definition) is 1. The highest BCUT2D eigenvalue weighted by molar-refractivity contribution is 6.13. The van der Waals surface area contributed by atoms with E-state index in [1.807, 2.05) is 48.7 Å². The van der Waals surface area contributed by atoms with Crippen molar-refractivity contribution in [2.24, 2.45) is 0 Å². The number of nitrogens with one attached hydrogen (secondary N) is 1. The van der Waals surface area contributed by atoms with Gasteiger partial charge in [0.1, 0.15) is 0 Å². The first-order valence-corrected chi connectivity index (χ1v) is 9.16. The van der Waals surface area contributed by atoms with Gasteiger partial charge in [-0.15, -0.1) is 0 Å². The van der Waals surface area contributed by atoms with Crippen molar-refractivity contribution in [1.29, 1.82) is 0 Å². The third kappa shape index (κ3) is 3.58. The molecule has 28 heavy (non-hydrogen) atoms. The van der Waals surface area contributed by atoms with E-state index in [-0.39, 0.29) is 11.7 Å². The number of fused-ring (bicyclic) bond motifs is 1. The van der Waals surface area contributed by atoms with E-state index in [0.717, 1.165) is 10.9 Å². The van der Waals surface area contributed by atoms with Gasteiger partial charge in [0.05, 0.1) is 5.56 Å². The number of carbonyl (C=O) groups excluding carboxylic acids is 2. The van der Waals surface area contributed by atoms with Gasteiger partial charge >= 0.3 is 0 Å². The normalized spacial score (nSPS) is 10.8. The van der Waals surface area contributed by atoms with E-state index in [0.29, 0.717) is 23.4 Å². The van der Waals surface area contributed by atoms with E-state index in [2.05, 4.69) is 22.0 Å². The van der Waals surface area contributed by atoms with Crippen molar-refractivity contribution in [3.8, 4) is 0 Å². The lowest BCUT2D eigenvalue weighted by atomic mass is 10.1. The first-order chi connectivity index (χ1) is 13.6. The number of ketones is 1. The molecule has 4 aromatic rings. The first kappa shape index (κ1) is 17.7. The molecular formula is C24H20N2O2. The molecule has 0 aliphatic rings. The van der Waals surface area contributed by atoms with Crippen LogP contribution in [0.5, 0.6) is 0 Å². The van der Waals surface area contributed by atoms with Crippen molar-refractivity contribution in [1.82, 2.24) is 4.57 Å². The van der Waals surface area contributed by atoms with Gasteiger partial charge in [0.25, 0.3) is 5.91 Å². The minimum atomic E-state index is -0.191. The number of amides is 1. The van der Waals surface area contributed by atoms with Crippen LogP contribution in [0.4, 0.5) is 5.69 Å². The molecule has 3 aromatic carbocycles. The van der Waals surface area contributed by atoms with Crippen LogP contribution in [0.2, 0.25) is 0 Å². The molecule has 1 aromatic heterocycles. The monoisotopic (exact) mass is 368 g/mol. The fraction of sp³-hybridized carbons (Fsp3) is 0.0833. The lowest BCUT2D eigenvalue weighted by Gasteiger charge is -2.06. The van der Waals surface area contributed by atoms with E-state index >= 15 is 0 Å². The van der Waals surface area contributed by atoms with E-state index in [4.69, 9.17) is 0 Å². The van der Waals surface area contributed by atoms with E-state index < -0.39 is 0 Å². The second kappa shape index (κ2) is 7.53. The molecule has 0 fully saturated rings. The Balaban J connectivity index is 1.67. The van der Waals surface area contributed by atoms with Crippen LogP contribution >= 0.6 is 0 Å². The Hall–Kier alpha value is -3.66. The van der Waals surface area contributed by atoms with Crippen molar-refractivity contribution in [2.45, 2.75) is 13.5 Å². The highest BCUT2D eigenvalue weighted by Gasteiger charge is 2.15. The van der Waals surface area contributed by atoms with Crippen LogP contribution in [0.3, 0.4) is 0 Å². The Morgan fingerprint density at radius 2 is 1.64 bits per heavy atom. The summed E-state index contributed by atoms with van der Waals surface area (Å²) in [4.78, 5) is 24.6. The summed E-state index contributed by atoms with van der Waals surface area (Å²) in [6, 6.07) is 25.0. The van der Waals surface area contributed by atoms with Crippen molar-refractivity contribution in [3.05, 3.63) is 102 Å². The predicted octanol–water partition coefficient (Wildman–Crippen LogP) is 5.14. The highest BCUT2D eigenvalue weighted by Crippen LogP contribution is 2.24. The van der Waals surface area contributed by atoms with Crippen molar-refractivity contribution < 1.29 is 9.59 Å². The molecule has 0 radical (unpaired) electrons. The number of rotatable bonds is 5. The zero-order chi connectivity index (χ0) is 19.5. The van der Waals surface area contributed by atoms with Crippen LogP contribution in [0.1, 0.15) is 33.2 Å². The van der Waals surface area contributed by atoms with Gasteiger partial charge in [-0.2, -0.15) is 0 Å². The number of nitrogens with zero attached hydrogens (tertiary/aromatic N) is 1. The van der Waals surface area contributed by atoms with Crippen molar-refractivity contribution >= 4 is 28.3 Å². The number of para-hydroxylation sites is 1. The van der Waals surface area contributed by atoms with Crippen molar-refractivity contribution in [3.63, 3.8) is 0 Å². The summed E-state index contributed by atoms with van der Waals surface area (Å²) in [7, 11) is 0. The topological polar surface area (TPSA) is 51.1 Å². The summed E-state index contributed by atoms with van der Waals surface area (Å²) < 4.78 is 2.09. The maximum absolute atomic E-state index is 13.0. The maximum atomic E-state index is 13.0. The smallest absolute Gasteiger partial charge is 0.257 e. The molecule has 1 N–H and O–H groups in total. The number of carbonyl (C=O) groups is 2. The Morgan fingerprint density at radius 1 is 0.893 bits per heavy atom. The van der Waals surface area contributed by atoms with E-state index in [1.54, 1.807) is 24.3 Å². The molecule has 1 heterocycles. The van der Waals surface area contributed by atoms with Gasteiger partial charge in [0.15, 0.2) is 5.78 Å². The fourth-order valence-corrected chi connectivity index (χ4v) is 3.35. The molecule has 0 aliphatic carbocycles. The summed E-state index contributed by atoms with van der Waals surface area (Å²) in [6.07, 6.45) is 1.89. The quantitative estimate of drug-likeness (QED) is 0.496. The van der Waals surface area contributed by atoms with Gasteiger partial charge in [-0.3, -0.25) is 9.59 Å². The zero-order valence-corrected chi connectivity index (χ0v) is 15.6. The second-order valence-electron chi connectivity index (χ2n) is 6.76. The number of aromatic nitrogens is 1. The third-order valence-electron chi connectivity index (χ3n) is 4.76. The van der Waals surface area contributed by atoms with Crippen molar-refractivity contribution in [2.75, 3.05) is 5.32 Å². The lowest BCUT2D eigenvalue weighted by Crippen LogP contribution is -2.12. The molecule has 0 bridgehead atoms. The molecule has 138 valence electrons. The van der Waals surface area contributed by atoms with Crippen LogP contribution in [-0.4, -0.2) is 16.3 Å². The molecule has 4 rings (SSSR count). The van der Waals surface area contributed by atoms with Gasteiger partial charge in [-0.25, -0.2) is 0 Å². The van der Waals surface area contributed by atoms with E-state index in [9.17, 15) is 9.59 Å². The van der Waals surface area contributed by atoms with Crippen LogP contribution in [-0.2, 0) is 6.54 Å². The molecule has 0 aliphatic heterocycles. The predicted molar refractivity (Wildman–Crippen MR) is 112 cm³/mol. The average Bonchev–Trinajstić information content (AvgIpc) is 3.08. The largest absolute Gasteiger partial charge is 0.342 e. The number of benzene rings is 3. The standard InChI is InChI=1S/C24H20N2O2/c1-17(27)19-10-7-11-20(14-19)25-24(28)22-16-26(15-18-8-3-2-4-9-18)23-13-6-5-12-21(22)23/h2-14,16H,15H2,1H3,(H,25,28). The number of anilines is 1. The van der Waals surface area contributed by atoms with Crippen LogP contribution in [0, 0.1) is 0 Å². The number of Topliss-reactive ketones (excluding diaryl/α,β-unsaturated/α-hetero) is 1. The molecule has 0 saturated heterocycles. The van der Waals surface area contributed by atoms with Gasteiger partial charge in [-0.1, -0.05) is 60.7 Å². The average molecular weight is 368 g/mol.